The third kappa shape index (κ3) is 2.69. The quantitative estimate of drug-likeness (QED) is 0.790. The minimum atomic E-state index is -2.67. The highest BCUT2D eigenvalue weighted by molar-refractivity contribution is 5.70. The van der Waals surface area contributed by atoms with E-state index in [0.717, 1.165) is 6.07 Å². The zero-order chi connectivity index (χ0) is 11.4. The first kappa shape index (κ1) is 11.5. The maximum Gasteiger partial charge on any atom is 0.309 e. The summed E-state index contributed by atoms with van der Waals surface area (Å²) in [5.41, 5.74) is 5.27. The molecule has 0 saturated carbocycles. The van der Waals surface area contributed by atoms with Gasteiger partial charge in [-0.05, 0) is 11.6 Å². The number of halogens is 2. The van der Waals surface area contributed by atoms with Crippen molar-refractivity contribution in [1.82, 2.24) is 4.98 Å². The van der Waals surface area contributed by atoms with Crippen LogP contribution >= 0.6 is 0 Å². The lowest BCUT2D eigenvalue weighted by molar-refractivity contribution is -0.136. The van der Waals surface area contributed by atoms with Crippen LogP contribution in [0.3, 0.4) is 0 Å². The van der Waals surface area contributed by atoms with E-state index in [4.69, 9.17) is 10.8 Å². The van der Waals surface area contributed by atoms with Crippen molar-refractivity contribution in [2.45, 2.75) is 19.4 Å². The molecule has 0 saturated heterocycles. The molecule has 1 rings (SSSR count). The Morgan fingerprint density at radius 3 is 2.73 bits per heavy atom. The van der Waals surface area contributed by atoms with Crippen LogP contribution < -0.4 is 5.73 Å². The second kappa shape index (κ2) is 4.79. The average Bonchev–Trinajstić information content (AvgIpc) is 2.16. The molecular formula is C9H10F2N2O2. The summed E-state index contributed by atoms with van der Waals surface area (Å²) in [6, 6.07) is 1.15. The third-order valence-corrected chi connectivity index (χ3v) is 1.94. The van der Waals surface area contributed by atoms with Gasteiger partial charge in [0.05, 0.1) is 12.1 Å². The Labute approximate surface area is 84.7 Å². The van der Waals surface area contributed by atoms with Gasteiger partial charge in [0.1, 0.15) is 0 Å². The average molecular weight is 216 g/mol. The number of carboxylic acids is 1. The van der Waals surface area contributed by atoms with Gasteiger partial charge in [-0.15, -0.1) is 0 Å². The Bertz CT molecular complexity index is 369. The van der Waals surface area contributed by atoms with Gasteiger partial charge in [0.25, 0.3) is 6.43 Å². The standard InChI is InChI=1S/C9H10F2N2O2/c10-9(11)5-1-2-13-7(3-8(14)15)6(5)4-12/h1-2,9H,3-4,12H2,(H,14,15). The van der Waals surface area contributed by atoms with Crippen molar-refractivity contribution in [3.63, 3.8) is 0 Å². The summed E-state index contributed by atoms with van der Waals surface area (Å²) >= 11 is 0. The molecule has 0 fully saturated rings. The van der Waals surface area contributed by atoms with Gasteiger partial charge < -0.3 is 10.8 Å². The van der Waals surface area contributed by atoms with E-state index in [-0.39, 0.29) is 23.4 Å². The van der Waals surface area contributed by atoms with Gasteiger partial charge in [-0.25, -0.2) is 8.78 Å². The Hall–Kier alpha value is -1.56. The summed E-state index contributed by atoms with van der Waals surface area (Å²) in [6.07, 6.45) is -1.90. The van der Waals surface area contributed by atoms with Crippen molar-refractivity contribution < 1.29 is 18.7 Å². The highest BCUT2D eigenvalue weighted by Crippen LogP contribution is 2.24. The van der Waals surface area contributed by atoms with Gasteiger partial charge in [-0.2, -0.15) is 0 Å². The predicted molar refractivity (Wildman–Crippen MR) is 48.4 cm³/mol. The Balaban J connectivity index is 3.15. The summed E-state index contributed by atoms with van der Waals surface area (Å²) in [7, 11) is 0. The summed E-state index contributed by atoms with van der Waals surface area (Å²) in [6.45, 7) is -0.143. The molecule has 15 heavy (non-hydrogen) atoms. The van der Waals surface area contributed by atoms with Crippen LogP contribution in [0.5, 0.6) is 0 Å². The van der Waals surface area contributed by atoms with Gasteiger partial charge in [0.2, 0.25) is 0 Å². The number of nitrogens with two attached hydrogens (primary N) is 1. The highest BCUT2D eigenvalue weighted by Gasteiger charge is 2.17. The van der Waals surface area contributed by atoms with Crippen LogP contribution in [-0.4, -0.2) is 16.1 Å². The summed E-state index contributed by atoms with van der Waals surface area (Å²) in [5, 5.41) is 8.55. The fraction of sp³-hybridized carbons (Fsp3) is 0.333. The third-order valence-electron chi connectivity index (χ3n) is 1.94. The molecule has 6 heteroatoms. The molecule has 0 aliphatic rings. The molecule has 0 amide bonds. The molecule has 0 radical (unpaired) electrons. The van der Waals surface area contributed by atoms with Crippen LogP contribution in [0, 0.1) is 0 Å². The molecule has 0 aliphatic heterocycles. The molecular weight excluding hydrogens is 206 g/mol. The van der Waals surface area contributed by atoms with Crippen molar-refractivity contribution >= 4 is 5.97 Å². The van der Waals surface area contributed by atoms with Crippen LogP contribution in [0.25, 0.3) is 0 Å². The number of hydrogen-bond acceptors (Lipinski definition) is 3. The molecule has 0 aliphatic carbocycles. The van der Waals surface area contributed by atoms with Crippen LogP contribution in [0.4, 0.5) is 8.78 Å². The van der Waals surface area contributed by atoms with E-state index in [9.17, 15) is 13.6 Å². The molecule has 0 atom stereocenters. The maximum absolute atomic E-state index is 12.5. The number of aliphatic carboxylic acids is 1. The fourth-order valence-corrected chi connectivity index (χ4v) is 1.29. The smallest absolute Gasteiger partial charge is 0.309 e. The van der Waals surface area contributed by atoms with Gasteiger partial charge in [-0.3, -0.25) is 9.78 Å². The van der Waals surface area contributed by atoms with Gasteiger partial charge in [0.15, 0.2) is 0 Å². The molecule has 1 aromatic heterocycles. The van der Waals surface area contributed by atoms with E-state index in [2.05, 4.69) is 4.98 Å². The first-order valence-electron chi connectivity index (χ1n) is 4.23. The number of carbonyl (C=O) groups is 1. The van der Waals surface area contributed by atoms with Crippen molar-refractivity contribution in [2.75, 3.05) is 0 Å². The van der Waals surface area contributed by atoms with Crippen LogP contribution in [0.2, 0.25) is 0 Å². The van der Waals surface area contributed by atoms with E-state index in [0.29, 0.717) is 0 Å². The lowest BCUT2D eigenvalue weighted by Gasteiger charge is -2.10. The molecule has 1 heterocycles. The summed E-state index contributed by atoms with van der Waals surface area (Å²) < 4.78 is 25.0. The molecule has 3 N–H and O–H groups in total. The second-order valence-corrected chi connectivity index (χ2v) is 2.90. The molecule has 0 aromatic carbocycles. The second-order valence-electron chi connectivity index (χ2n) is 2.90. The van der Waals surface area contributed by atoms with E-state index < -0.39 is 18.8 Å². The zero-order valence-corrected chi connectivity index (χ0v) is 7.78. The van der Waals surface area contributed by atoms with E-state index in [1.54, 1.807) is 0 Å². The Morgan fingerprint density at radius 1 is 1.60 bits per heavy atom. The van der Waals surface area contributed by atoms with Crippen LogP contribution in [0.1, 0.15) is 23.2 Å². The van der Waals surface area contributed by atoms with Crippen LogP contribution in [-0.2, 0) is 17.8 Å². The van der Waals surface area contributed by atoms with E-state index in [1.807, 2.05) is 0 Å². The lowest BCUT2D eigenvalue weighted by atomic mass is 10.0. The number of alkyl halides is 2. The Kier molecular flexibility index (Phi) is 3.68. The summed E-state index contributed by atoms with van der Waals surface area (Å²) in [4.78, 5) is 14.2. The van der Waals surface area contributed by atoms with Gasteiger partial charge in [-0.1, -0.05) is 0 Å². The molecule has 0 spiro atoms. The molecule has 0 bridgehead atoms. The summed E-state index contributed by atoms with van der Waals surface area (Å²) in [5.74, 6) is -1.12. The minimum absolute atomic E-state index is 0.0998. The highest BCUT2D eigenvalue weighted by atomic mass is 19.3. The number of hydrogen-bond donors (Lipinski definition) is 2. The number of aromatic nitrogens is 1. The van der Waals surface area contributed by atoms with Crippen LogP contribution in [0.15, 0.2) is 12.3 Å². The molecule has 82 valence electrons. The largest absolute Gasteiger partial charge is 0.481 e. The first-order chi connectivity index (χ1) is 7.06. The normalized spacial score (nSPS) is 10.7. The molecule has 1 aromatic rings. The predicted octanol–water partition coefficient (Wildman–Crippen LogP) is 1.10. The van der Waals surface area contributed by atoms with Crippen molar-refractivity contribution in [3.8, 4) is 0 Å². The van der Waals surface area contributed by atoms with E-state index in [1.165, 1.54) is 6.20 Å². The van der Waals surface area contributed by atoms with Gasteiger partial charge in [0, 0.05) is 18.3 Å². The Morgan fingerprint density at radius 2 is 2.27 bits per heavy atom. The van der Waals surface area contributed by atoms with Crippen molar-refractivity contribution in [2.24, 2.45) is 5.73 Å². The SMILES string of the molecule is NCc1c(C(F)F)ccnc1CC(=O)O. The van der Waals surface area contributed by atoms with Gasteiger partial charge >= 0.3 is 5.97 Å². The number of pyridine rings is 1. The number of carboxylic acid groups (broad SMARTS) is 1. The van der Waals surface area contributed by atoms with Crippen molar-refractivity contribution in [3.05, 3.63) is 29.1 Å². The fourth-order valence-electron chi connectivity index (χ4n) is 1.29. The monoisotopic (exact) mass is 216 g/mol. The first-order valence-corrected chi connectivity index (χ1v) is 4.23. The topological polar surface area (TPSA) is 76.2 Å². The number of rotatable bonds is 4. The zero-order valence-electron chi connectivity index (χ0n) is 7.78. The van der Waals surface area contributed by atoms with E-state index >= 15 is 0 Å². The minimum Gasteiger partial charge on any atom is -0.481 e. The number of nitrogens with zero attached hydrogens (tertiary/aromatic N) is 1. The lowest BCUT2D eigenvalue weighted by Crippen LogP contribution is -2.12. The van der Waals surface area contributed by atoms with Crippen molar-refractivity contribution in [1.29, 1.82) is 0 Å². The maximum atomic E-state index is 12.5. The molecule has 0 unspecified atom stereocenters. The molecule has 4 nitrogen and oxygen atoms in total.